The molecule has 0 aliphatic rings. The van der Waals surface area contributed by atoms with Gasteiger partial charge in [0, 0.05) is 6.54 Å². The maximum atomic E-state index is 11.6. The maximum absolute atomic E-state index is 11.6. The van der Waals surface area contributed by atoms with Crippen LogP contribution in [0.3, 0.4) is 0 Å². The van der Waals surface area contributed by atoms with Crippen molar-refractivity contribution in [2.75, 3.05) is 6.54 Å². The molecule has 0 radical (unpaired) electrons. The van der Waals surface area contributed by atoms with E-state index in [9.17, 15) is 14.7 Å². The predicted molar refractivity (Wildman–Crippen MR) is 65.8 cm³/mol. The van der Waals surface area contributed by atoms with Crippen molar-refractivity contribution in [3.05, 3.63) is 35.9 Å². The zero-order valence-corrected chi connectivity index (χ0v) is 10.2. The standard InChI is InChI=1S/C13H17NO4/c1-2-9(13(17)18)8-14-12(16)11(15)10-6-4-3-5-7-10/h3-7,9,11,15H,2,8H2,1H3,(H,14,16)(H,17,18). The van der Waals surface area contributed by atoms with Crippen LogP contribution in [0.4, 0.5) is 0 Å². The van der Waals surface area contributed by atoms with Crippen LogP contribution in [0.5, 0.6) is 0 Å². The van der Waals surface area contributed by atoms with Gasteiger partial charge in [-0.3, -0.25) is 9.59 Å². The van der Waals surface area contributed by atoms with Crippen molar-refractivity contribution in [1.82, 2.24) is 5.32 Å². The molecule has 0 spiro atoms. The van der Waals surface area contributed by atoms with E-state index < -0.39 is 23.9 Å². The molecule has 0 saturated carbocycles. The lowest BCUT2D eigenvalue weighted by Crippen LogP contribution is -2.35. The number of nitrogens with one attached hydrogen (secondary N) is 1. The van der Waals surface area contributed by atoms with E-state index in [4.69, 9.17) is 5.11 Å². The summed E-state index contributed by atoms with van der Waals surface area (Å²) in [4.78, 5) is 22.4. The number of hydrogen-bond acceptors (Lipinski definition) is 3. The third-order valence-corrected chi connectivity index (χ3v) is 2.73. The van der Waals surface area contributed by atoms with Gasteiger partial charge in [0.25, 0.3) is 5.91 Å². The summed E-state index contributed by atoms with van der Waals surface area (Å²) in [5, 5.41) is 21.0. The molecule has 0 bridgehead atoms. The Morgan fingerprint density at radius 2 is 1.89 bits per heavy atom. The molecule has 1 rings (SSSR count). The van der Waals surface area contributed by atoms with Gasteiger partial charge in [-0.05, 0) is 12.0 Å². The minimum Gasteiger partial charge on any atom is -0.481 e. The maximum Gasteiger partial charge on any atom is 0.308 e. The molecule has 18 heavy (non-hydrogen) atoms. The molecule has 1 amide bonds. The van der Waals surface area contributed by atoms with E-state index in [0.717, 1.165) is 0 Å². The largest absolute Gasteiger partial charge is 0.481 e. The molecule has 98 valence electrons. The van der Waals surface area contributed by atoms with E-state index >= 15 is 0 Å². The second kappa shape index (κ2) is 6.76. The third-order valence-electron chi connectivity index (χ3n) is 2.73. The minimum atomic E-state index is -1.27. The first kappa shape index (κ1) is 14.2. The Morgan fingerprint density at radius 1 is 1.28 bits per heavy atom. The molecule has 0 aliphatic carbocycles. The van der Waals surface area contributed by atoms with Crippen molar-refractivity contribution in [3.63, 3.8) is 0 Å². The molecule has 0 fully saturated rings. The summed E-state index contributed by atoms with van der Waals surface area (Å²) in [6.45, 7) is 1.76. The molecule has 2 atom stereocenters. The first-order valence-electron chi connectivity index (χ1n) is 5.79. The fourth-order valence-electron chi connectivity index (χ4n) is 1.51. The highest BCUT2D eigenvalue weighted by Crippen LogP contribution is 2.12. The highest BCUT2D eigenvalue weighted by atomic mass is 16.4. The van der Waals surface area contributed by atoms with Gasteiger partial charge in [-0.1, -0.05) is 37.3 Å². The summed E-state index contributed by atoms with van der Waals surface area (Å²) < 4.78 is 0. The molecule has 0 aromatic heterocycles. The van der Waals surface area contributed by atoms with Crippen molar-refractivity contribution in [1.29, 1.82) is 0 Å². The Morgan fingerprint density at radius 3 is 2.39 bits per heavy atom. The van der Waals surface area contributed by atoms with Crippen molar-refractivity contribution >= 4 is 11.9 Å². The molecule has 5 nitrogen and oxygen atoms in total. The van der Waals surface area contributed by atoms with Gasteiger partial charge in [0.2, 0.25) is 0 Å². The molecule has 1 aromatic rings. The number of carboxylic acid groups (broad SMARTS) is 1. The second-order valence-corrected chi connectivity index (χ2v) is 4.00. The SMILES string of the molecule is CCC(CNC(=O)C(O)c1ccccc1)C(=O)O. The summed E-state index contributed by atoms with van der Waals surface area (Å²) in [6, 6.07) is 8.50. The lowest BCUT2D eigenvalue weighted by molar-refractivity contribution is -0.142. The van der Waals surface area contributed by atoms with Crippen LogP contribution < -0.4 is 5.32 Å². The summed E-state index contributed by atoms with van der Waals surface area (Å²) >= 11 is 0. The van der Waals surface area contributed by atoms with Gasteiger partial charge in [0.05, 0.1) is 5.92 Å². The third kappa shape index (κ3) is 3.85. The molecule has 0 saturated heterocycles. The Hall–Kier alpha value is -1.88. The average Bonchev–Trinajstić information content (AvgIpc) is 2.39. The van der Waals surface area contributed by atoms with Crippen LogP contribution in [0.15, 0.2) is 30.3 Å². The van der Waals surface area contributed by atoms with Crippen LogP contribution in [0.2, 0.25) is 0 Å². The Kier molecular flexibility index (Phi) is 5.32. The van der Waals surface area contributed by atoms with Gasteiger partial charge in [-0.15, -0.1) is 0 Å². The molecule has 3 N–H and O–H groups in total. The molecule has 0 heterocycles. The number of carbonyl (C=O) groups is 2. The van der Waals surface area contributed by atoms with Crippen LogP contribution in [0.25, 0.3) is 0 Å². The van der Waals surface area contributed by atoms with Crippen LogP contribution >= 0.6 is 0 Å². The van der Waals surface area contributed by atoms with E-state index in [0.29, 0.717) is 12.0 Å². The van der Waals surface area contributed by atoms with E-state index in [2.05, 4.69) is 5.32 Å². The highest BCUT2D eigenvalue weighted by Gasteiger charge is 2.20. The van der Waals surface area contributed by atoms with Gasteiger partial charge >= 0.3 is 5.97 Å². The van der Waals surface area contributed by atoms with Crippen molar-refractivity contribution < 1.29 is 19.8 Å². The number of aliphatic hydroxyl groups is 1. The zero-order chi connectivity index (χ0) is 13.5. The summed E-state index contributed by atoms with van der Waals surface area (Å²) in [6.07, 6.45) is -0.839. The highest BCUT2D eigenvalue weighted by molar-refractivity contribution is 5.82. The van der Waals surface area contributed by atoms with Crippen molar-refractivity contribution in [2.24, 2.45) is 5.92 Å². The molecule has 1 aromatic carbocycles. The van der Waals surface area contributed by atoms with Gasteiger partial charge < -0.3 is 15.5 Å². The number of amides is 1. The number of aliphatic hydroxyl groups excluding tert-OH is 1. The van der Waals surface area contributed by atoms with Crippen LogP contribution in [0, 0.1) is 5.92 Å². The van der Waals surface area contributed by atoms with E-state index in [1.165, 1.54) is 0 Å². The Balaban J connectivity index is 2.53. The summed E-state index contributed by atoms with van der Waals surface area (Å²) in [5.74, 6) is -2.16. The van der Waals surface area contributed by atoms with Gasteiger partial charge in [-0.25, -0.2) is 0 Å². The number of hydrogen-bond donors (Lipinski definition) is 3. The average molecular weight is 251 g/mol. The number of benzene rings is 1. The minimum absolute atomic E-state index is 0.0224. The van der Waals surface area contributed by atoms with Crippen LogP contribution in [-0.4, -0.2) is 28.6 Å². The zero-order valence-electron chi connectivity index (χ0n) is 10.2. The van der Waals surface area contributed by atoms with E-state index in [-0.39, 0.29) is 6.54 Å². The number of aliphatic carboxylic acids is 1. The van der Waals surface area contributed by atoms with Crippen molar-refractivity contribution in [3.8, 4) is 0 Å². The van der Waals surface area contributed by atoms with Crippen LogP contribution in [0.1, 0.15) is 25.0 Å². The number of carbonyl (C=O) groups excluding carboxylic acids is 1. The van der Waals surface area contributed by atoms with Crippen LogP contribution in [-0.2, 0) is 9.59 Å². The topological polar surface area (TPSA) is 86.6 Å². The van der Waals surface area contributed by atoms with Crippen molar-refractivity contribution in [2.45, 2.75) is 19.4 Å². The van der Waals surface area contributed by atoms with Gasteiger partial charge in [-0.2, -0.15) is 0 Å². The molecule has 5 heteroatoms. The Bertz CT molecular complexity index is 405. The molecule has 2 unspecified atom stereocenters. The monoisotopic (exact) mass is 251 g/mol. The first-order chi connectivity index (χ1) is 8.56. The van der Waals surface area contributed by atoms with E-state index in [1.807, 2.05) is 0 Å². The summed E-state index contributed by atoms with van der Waals surface area (Å²) in [5.41, 5.74) is 0.485. The number of rotatable bonds is 6. The number of carboxylic acids is 1. The summed E-state index contributed by atoms with van der Waals surface area (Å²) in [7, 11) is 0. The lowest BCUT2D eigenvalue weighted by atomic mass is 10.1. The van der Waals surface area contributed by atoms with Gasteiger partial charge in [0.1, 0.15) is 0 Å². The normalized spacial score (nSPS) is 13.7. The molecular weight excluding hydrogens is 234 g/mol. The molecule has 0 aliphatic heterocycles. The second-order valence-electron chi connectivity index (χ2n) is 4.00. The smallest absolute Gasteiger partial charge is 0.308 e. The Labute approximate surface area is 105 Å². The predicted octanol–water partition coefficient (Wildman–Crippen LogP) is 0.947. The fraction of sp³-hybridized carbons (Fsp3) is 0.385. The van der Waals surface area contributed by atoms with Gasteiger partial charge in [0.15, 0.2) is 6.10 Å². The van der Waals surface area contributed by atoms with E-state index in [1.54, 1.807) is 37.3 Å². The lowest BCUT2D eigenvalue weighted by Gasteiger charge is -2.14. The molecular formula is C13H17NO4. The quantitative estimate of drug-likeness (QED) is 0.702. The first-order valence-corrected chi connectivity index (χ1v) is 5.79. The fourth-order valence-corrected chi connectivity index (χ4v) is 1.51.